The summed E-state index contributed by atoms with van der Waals surface area (Å²) in [6.07, 6.45) is 5.81. The van der Waals surface area contributed by atoms with Crippen LogP contribution in [0.15, 0.2) is 9.59 Å². The molecule has 2 atom stereocenters. The summed E-state index contributed by atoms with van der Waals surface area (Å²) in [5.74, 6) is 1.14. The smallest absolute Gasteiger partial charge is 0.332 e. The van der Waals surface area contributed by atoms with Gasteiger partial charge in [-0.2, -0.15) is 5.26 Å². The van der Waals surface area contributed by atoms with Crippen LogP contribution in [-0.4, -0.2) is 21.7 Å². The molecule has 2 heterocycles. The summed E-state index contributed by atoms with van der Waals surface area (Å²) in [7, 11) is 3.07. The third kappa shape index (κ3) is 1.99. The molecule has 0 spiro atoms. The average molecular weight is 288 g/mol. The molecule has 0 bridgehead atoms. The predicted octanol–water partition coefficient (Wildman–Crippen LogP) is 0.725. The van der Waals surface area contributed by atoms with E-state index in [1.165, 1.54) is 30.9 Å². The molecule has 1 aromatic heterocycles. The molecule has 2 fully saturated rings. The molecule has 6 heteroatoms. The fourth-order valence-corrected chi connectivity index (χ4v) is 3.94. The quantitative estimate of drug-likeness (QED) is 0.763. The Bertz CT molecular complexity index is 725. The second kappa shape index (κ2) is 5.06. The van der Waals surface area contributed by atoms with Crippen LogP contribution in [0.4, 0.5) is 5.82 Å². The second-order valence-electron chi connectivity index (χ2n) is 6.11. The van der Waals surface area contributed by atoms with Crippen molar-refractivity contribution in [3.63, 3.8) is 0 Å². The molecule has 1 aromatic rings. The maximum Gasteiger partial charge on any atom is 0.332 e. The lowest BCUT2D eigenvalue weighted by Gasteiger charge is -2.34. The van der Waals surface area contributed by atoms with Crippen molar-refractivity contribution < 1.29 is 0 Å². The van der Waals surface area contributed by atoms with E-state index in [2.05, 4.69) is 4.90 Å². The minimum atomic E-state index is -0.491. The normalized spacial score (nSPS) is 24.7. The minimum absolute atomic E-state index is 0.0887. The Morgan fingerprint density at radius 2 is 1.81 bits per heavy atom. The molecule has 1 saturated heterocycles. The Balaban J connectivity index is 2.17. The van der Waals surface area contributed by atoms with Gasteiger partial charge in [-0.15, -0.1) is 0 Å². The molecule has 21 heavy (non-hydrogen) atoms. The lowest BCUT2D eigenvalue weighted by molar-refractivity contribution is 0.340. The van der Waals surface area contributed by atoms with E-state index in [0.717, 1.165) is 24.0 Å². The van der Waals surface area contributed by atoms with Crippen molar-refractivity contribution in [2.45, 2.75) is 38.1 Å². The fraction of sp³-hybridized carbons (Fsp3) is 0.667. The van der Waals surface area contributed by atoms with Crippen molar-refractivity contribution in [1.29, 1.82) is 5.26 Å². The minimum Gasteiger partial charge on any atom is -0.353 e. The zero-order valence-corrected chi connectivity index (χ0v) is 12.5. The molecule has 3 rings (SSSR count). The first-order valence-corrected chi connectivity index (χ1v) is 7.53. The van der Waals surface area contributed by atoms with Crippen molar-refractivity contribution in [1.82, 2.24) is 9.13 Å². The first-order chi connectivity index (χ1) is 10.1. The van der Waals surface area contributed by atoms with Gasteiger partial charge in [-0.3, -0.25) is 13.9 Å². The molecule has 0 N–H and O–H groups in total. The zero-order chi connectivity index (χ0) is 15.1. The van der Waals surface area contributed by atoms with Gasteiger partial charge in [0.15, 0.2) is 5.56 Å². The molecule has 112 valence electrons. The standard InChI is InChI=1S/C15H20N4O2/c1-17-13(11(9-16)14(20)18(2)15(17)21)19-8-7-10-5-3-4-6-12(10)19/h10,12H,3-8H2,1-2H3/t10-,12+/m1/s1. The van der Waals surface area contributed by atoms with Crippen LogP contribution in [0.2, 0.25) is 0 Å². The van der Waals surface area contributed by atoms with Gasteiger partial charge in [-0.25, -0.2) is 4.79 Å². The highest BCUT2D eigenvalue weighted by Gasteiger charge is 2.38. The van der Waals surface area contributed by atoms with E-state index >= 15 is 0 Å². The summed E-state index contributed by atoms with van der Waals surface area (Å²) in [5, 5.41) is 9.39. The van der Waals surface area contributed by atoms with Gasteiger partial charge in [0.05, 0.1) is 0 Å². The van der Waals surface area contributed by atoms with Gasteiger partial charge < -0.3 is 4.90 Å². The second-order valence-corrected chi connectivity index (χ2v) is 6.11. The highest BCUT2D eigenvalue weighted by Crippen LogP contribution is 2.38. The Labute approximate surface area is 123 Å². The van der Waals surface area contributed by atoms with Crippen LogP contribution >= 0.6 is 0 Å². The Hall–Kier alpha value is -2.03. The van der Waals surface area contributed by atoms with Crippen molar-refractivity contribution in [2.75, 3.05) is 11.4 Å². The maximum atomic E-state index is 12.2. The van der Waals surface area contributed by atoms with Crippen LogP contribution in [0.1, 0.15) is 37.7 Å². The molecule has 0 aromatic carbocycles. The number of anilines is 1. The van der Waals surface area contributed by atoms with Gasteiger partial charge in [-0.05, 0) is 25.2 Å². The number of nitrogens with zero attached hydrogens (tertiary/aromatic N) is 4. The van der Waals surface area contributed by atoms with Gasteiger partial charge in [0.2, 0.25) is 0 Å². The molecule has 0 radical (unpaired) electrons. The maximum absolute atomic E-state index is 12.2. The summed E-state index contributed by atoms with van der Waals surface area (Å²) in [6.45, 7) is 0.824. The van der Waals surface area contributed by atoms with Crippen molar-refractivity contribution >= 4 is 5.82 Å². The van der Waals surface area contributed by atoms with Crippen molar-refractivity contribution in [3.8, 4) is 6.07 Å². The topological polar surface area (TPSA) is 71.0 Å². The van der Waals surface area contributed by atoms with E-state index in [1.807, 2.05) is 6.07 Å². The van der Waals surface area contributed by atoms with Gasteiger partial charge >= 0.3 is 5.69 Å². The van der Waals surface area contributed by atoms with E-state index in [4.69, 9.17) is 0 Å². The van der Waals surface area contributed by atoms with E-state index in [9.17, 15) is 14.9 Å². The third-order valence-electron chi connectivity index (χ3n) is 5.03. The van der Waals surface area contributed by atoms with Crippen molar-refractivity contribution in [2.24, 2.45) is 20.0 Å². The highest BCUT2D eigenvalue weighted by atomic mass is 16.2. The van der Waals surface area contributed by atoms with Crippen LogP contribution < -0.4 is 16.1 Å². The van der Waals surface area contributed by atoms with E-state index in [1.54, 1.807) is 7.05 Å². The fourth-order valence-electron chi connectivity index (χ4n) is 3.94. The monoisotopic (exact) mass is 288 g/mol. The number of nitriles is 1. The molecular formula is C15H20N4O2. The highest BCUT2D eigenvalue weighted by molar-refractivity contribution is 5.55. The average Bonchev–Trinajstić information content (AvgIpc) is 2.92. The third-order valence-corrected chi connectivity index (χ3v) is 5.03. The van der Waals surface area contributed by atoms with Crippen LogP contribution in [-0.2, 0) is 14.1 Å². The van der Waals surface area contributed by atoms with E-state index in [0.29, 0.717) is 17.8 Å². The van der Waals surface area contributed by atoms with E-state index < -0.39 is 5.56 Å². The van der Waals surface area contributed by atoms with Crippen LogP contribution in [0.5, 0.6) is 0 Å². The number of rotatable bonds is 1. The van der Waals surface area contributed by atoms with Gasteiger partial charge in [-0.1, -0.05) is 12.8 Å². The lowest BCUT2D eigenvalue weighted by atomic mass is 9.85. The molecule has 1 aliphatic carbocycles. The van der Waals surface area contributed by atoms with Crippen molar-refractivity contribution in [3.05, 3.63) is 26.4 Å². The summed E-state index contributed by atoms with van der Waals surface area (Å²) in [4.78, 5) is 26.5. The Morgan fingerprint density at radius 3 is 2.52 bits per heavy atom. The molecule has 1 aliphatic heterocycles. The largest absolute Gasteiger partial charge is 0.353 e. The first-order valence-electron chi connectivity index (χ1n) is 7.53. The summed E-state index contributed by atoms with van der Waals surface area (Å²) in [6, 6.07) is 2.37. The number of hydrogen-bond acceptors (Lipinski definition) is 4. The number of fused-ring (bicyclic) bond motifs is 1. The molecule has 0 unspecified atom stereocenters. The van der Waals surface area contributed by atoms with Crippen LogP contribution in [0, 0.1) is 17.2 Å². The van der Waals surface area contributed by atoms with Crippen LogP contribution in [0.3, 0.4) is 0 Å². The SMILES string of the molecule is Cn1c(N2CC[C@H]3CCCC[C@@H]32)c(C#N)c(=O)n(C)c1=O. The molecule has 2 aliphatic rings. The molecule has 1 saturated carbocycles. The Morgan fingerprint density at radius 1 is 1.10 bits per heavy atom. The summed E-state index contributed by atoms with van der Waals surface area (Å²) < 4.78 is 2.47. The molecule has 0 amide bonds. The molecule has 6 nitrogen and oxygen atoms in total. The van der Waals surface area contributed by atoms with E-state index in [-0.39, 0.29) is 11.3 Å². The molecular weight excluding hydrogens is 268 g/mol. The first kappa shape index (κ1) is 13.9. The Kier molecular flexibility index (Phi) is 3.36. The zero-order valence-electron chi connectivity index (χ0n) is 12.5. The lowest BCUT2D eigenvalue weighted by Crippen LogP contribution is -2.45. The van der Waals surface area contributed by atoms with Gasteiger partial charge in [0, 0.05) is 26.7 Å². The summed E-state index contributed by atoms with van der Waals surface area (Å²) in [5.41, 5.74) is -0.769. The van der Waals surface area contributed by atoms with Crippen LogP contribution in [0.25, 0.3) is 0 Å². The van der Waals surface area contributed by atoms with Gasteiger partial charge in [0.25, 0.3) is 5.56 Å². The predicted molar refractivity (Wildman–Crippen MR) is 79.3 cm³/mol. The number of aromatic nitrogens is 2. The number of hydrogen-bond donors (Lipinski definition) is 0. The van der Waals surface area contributed by atoms with Gasteiger partial charge in [0.1, 0.15) is 11.9 Å². The summed E-state index contributed by atoms with van der Waals surface area (Å²) >= 11 is 0.